The lowest BCUT2D eigenvalue weighted by molar-refractivity contribution is 0.101. The highest BCUT2D eigenvalue weighted by Gasteiger charge is 2.28. The first-order valence-corrected chi connectivity index (χ1v) is 11.3. The van der Waals surface area contributed by atoms with Crippen LogP contribution in [0.5, 0.6) is 5.75 Å². The molecule has 2 aliphatic carbocycles. The molecule has 0 bridgehead atoms. The van der Waals surface area contributed by atoms with E-state index >= 15 is 0 Å². The minimum Gasteiger partial charge on any atom is -0.489 e. The number of carbonyl (C=O) groups is 2. The minimum absolute atomic E-state index is 0.186. The first-order chi connectivity index (χ1) is 15.5. The fourth-order valence-corrected chi connectivity index (χ4v) is 4.15. The summed E-state index contributed by atoms with van der Waals surface area (Å²) in [7, 11) is 0. The van der Waals surface area contributed by atoms with Crippen molar-refractivity contribution < 1.29 is 18.7 Å². The monoisotopic (exact) mass is 452 g/mol. The van der Waals surface area contributed by atoms with Crippen LogP contribution < -0.4 is 15.4 Å². The van der Waals surface area contributed by atoms with Crippen LogP contribution in [0.2, 0.25) is 0 Å². The second kappa shape index (κ2) is 8.31. The molecule has 7 nitrogen and oxygen atoms in total. The van der Waals surface area contributed by atoms with Gasteiger partial charge in [0.25, 0.3) is 11.8 Å². The maximum Gasteiger partial charge on any atom is 0.267 e. The van der Waals surface area contributed by atoms with Gasteiger partial charge in [-0.05, 0) is 62.4 Å². The molecule has 2 aliphatic rings. The standard InChI is InChI=1S/C23H21FN4O3S/c1-12-8-17(24)16(21(29)28-20-7-6-15(10-25-20)31-14-4-5-14)9-18(12)27-22(30)19-11-26-23(32-19)13-2-3-13/h6-11,13-14H,2-5H2,1H3,(H,27,30)(H,25,28,29). The molecule has 2 N–H and O–H groups in total. The average Bonchev–Trinajstić information content (AvgIpc) is 3.71. The zero-order chi connectivity index (χ0) is 22.2. The summed E-state index contributed by atoms with van der Waals surface area (Å²) in [4.78, 5) is 34.3. The van der Waals surface area contributed by atoms with Crippen molar-refractivity contribution >= 4 is 34.7 Å². The second-order valence-corrected chi connectivity index (χ2v) is 9.15. The van der Waals surface area contributed by atoms with E-state index in [2.05, 4.69) is 20.6 Å². The molecule has 32 heavy (non-hydrogen) atoms. The summed E-state index contributed by atoms with van der Waals surface area (Å²) in [6.07, 6.45) is 7.62. The molecule has 2 fully saturated rings. The van der Waals surface area contributed by atoms with Gasteiger partial charge in [-0.15, -0.1) is 11.3 Å². The van der Waals surface area contributed by atoms with Crippen molar-refractivity contribution in [3.8, 4) is 5.75 Å². The van der Waals surface area contributed by atoms with Crippen LogP contribution >= 0.6 is 11.3 Å². The lowest BCUT2D eigenvalue weighted by atomic mass is 10.1. The highest BCUT2D eigenvalue weighted by molar-refractivity contribution is 7.13. The molecule has 2 amide bonds. The number of amides is 2. The summed E-state index contributed by atoms with van der Waals surface area (Å²) in [5, 5.41) is 6.32. The average molecular weight is 453 g/mol. The third-order valence-electron chi connectivity index (χ3n) is 5.29. The van der Waals surface area contributed by atoms with Gasteiger partial charge in [0.1, 0.15) is 22.3 Å². The number of halogens is 1. The number of nitrogens with one attached hydrogen (secondary N) is 2. The smallest absolute Gasteiger partial charge is 0.267 e. The summed E-state index contributed by atoms with van der Waals surface area (Å²) >= 11 is 1.37. The van der Waals surface area contributed by atoms with Crippen LogP contribution in [0.3, 0.4) is 0 Å². The number of hydrogen-bond donors (Lipinski definition) is 2. The van der Waals surface area contributed by atoms with E-state index in [1.165, 1.54) is 29.7 Å². The highest BCUT2D eigenvalue weighted by Crippen LogP contribution is 2.41. The van der Waals surface area contributed by atoms with Gasteiger partial charge in [0.15, 0.2) is 0 Å². The number of benzene rings is 1. The number of hydrogen-bond acceptors (Lipinski definition) is 6. The maximum absolute atomic E-state index is 14.5. The van der Waals surface area contributed by atoms with Crippen LogP contribution in [0, 0.1) is 12.7 Å². The van der Waals surface area contributed by atoms with E-state index in [4.69, 9.17) is 4.74 Å². The zero-order valence-electron chi connectivity index (χ0n) is 17.4. The first kappa shape index (κ1) is 20.6. The Hall–Kier alpha value is -3.33. The van der Waals surface area contributed by atoms with Crippen LogP contribution in [0.1, 0.15) is 62.2 Å². The number of rotatable bonds is 7. The Morgan fingerprint density at radius 2 is 1.88 bits per heavy atom. The van der Waals surface area contributed by atoms with Gasteiger partial charge in [-0.2, -0.15) is 0 Å². The fourth-order valence-electron chi connectivity index (χ4n) is 3.16. The molecule has 0 saturated heterocycles. The third kappa shape index (κ3) is 4.62. The number of thiazole rings is 1. The highest BCUT2D eigenvalue weighted by atomic mass is 32.1. The lowest BCUT2D eigenvalue weighted by Crippen LogP contribution is -2.17. The Balaban J connectivity index is 1.29. The molecule has 2 saturated carbocycles. The van der Waals surface area contributed by atoms with Gasteiger partial charge in [0.2, 0.25) is 0 Å². The van der Waals surface area contributed by atoms with Crippen LogP contribution in [0.4, 0.5) is 15.9 Å². The number of anilines is 2. The van der Waals surface area contributed by atoms with E-state index in [1.54, 1.807) is 25.3 Å². The van der Waals surface area contributed by atoms with Gasteiger partial charge < -0.3 is 15.4 Å². The molecule has 0 unspecified atom stereocenters. The summed E-state index contributed by atoms with van der Waals surface area (Å²) in [5.41, 5.74) is 0.692. The molecule has 1 aromatic carbocycles. The number of nitrogens with zero attached hydrogens (tertiary/aromatic N) is 2. The molecule has 2 heterocycles. The Kier molecular flexibility index (Phi) is 5.34. The lowest BCUT2D eigenvalue weighted by Gasteiger charge is -2.12. The van der Waals surface area contributed by atoms with Crippen LogP contribution in [0.15, 0.2) is 36.7 Å². The van der Waals surface area contributed by atoms with Gasteiger partial charge in [-0.3, -0.25) is 9.59 Å². The van der Waals surface area contributed by atoms with Crippen molar-refractivity contribution in [2.45, 2.75) is 44.6 Å². The predicted octanol–water partition coefficient (Wildman–Crippen LogP) is 4.91. The Bertz CT molecular complexity index is 1190. The molecular formula is C23H21FN4O3S. The topological polar surface area (TPSA) is 93.2 Å². The first-order valence-electron chi connectivity index (χ1n) is 10.5. The Morgan fingerprint density at radius 3 is 2.56 bits per heavy atom. The molecule has 9 heteroatoms. The van der Waals surface area contributed by atoms with Gasteiger partial charge in [0.05, 0.1) is 29.1 Å². The van der Waals surface area contributed by atoms with Crippen molar-refractivity contribution in [2.75, 3.05) is 10.6 Å². The van der Waals surface area contributed by atoms with Gasteiger partial charge in [0, 0.05) is 11.6 Å². The van der Waals surface area contributed by atoms with Crippen molar-refractivity contribution in [3.63, 3.8) is 0 Å². The van der Waals surface area contributed by atoms with Crippen LogP contribution in [0.25, 0.3) is 0 Å². The van der Waals surface area contributed by atoms with Crippen molar-refractivity contribution in [1.82, 2.24) is 9.97 Å². The largest absolute Gasteiger partial charge is 0.489 e. The van der Waals surface area contributed by atoms with Gasteiger partial charge in [-0.25, -0.2) is 14.4 Å². The molecule has 0 radical (unpaired) electrons. The summed E-state index contributed by atoms with van der Waals surface area (Å²) in [6.45, 7) is 1.67. The SMILES string of the molecule is Cc1cc(F)c(C(=O)Nc2ccc(OC3CC3)cn2)cc1NC(=O)c1cnc(C2CC2)s1. The van der Waals surface area contributed by atoms with E-state index in [-0.39, 0.29) is 23.4 Å². The number of aryl methyl sites for hydroxylation is 1. The third-order valence-corrected chi connectivity index (χ3v) is 6.44. The number of carbonyl (C=O) groups excluding carboxylic acids is 2. The van der Waals surface area contributed by atoms with E-state index in [0.717, 1.165) is 30.7 Å². The van der Waals surface area contributed by atoms with Crippen molar-refractivity contribution in [2.24, 2.45) is 0 Å². The van der Waals surface area contributed by atoms with Crippen LogP contribution in [-0.2, 0) is 0 Å². The van der Waals surface area contributed by atoms with E-state index in [0.29, 0.717) is 27.8 Å². The molecule has 5 rings (SSSR count). The van der Waals surface area contributed by atoms with Gasteiger partial charge >= 0.3 is 0 Å². The van der Waals surface area contributed by atoms with Crippen molar-refractivity contribution in [3.05, 3.63) is 63.5 Å². The quantitative estimate of drug-likeness (QED) is 0.531. The predicted molar refractivity (Wildman–Crippen MR) is 119 cm³/mol. The second-order valence-electron chi connectivity index (χ2n) is 8.09. The maximum atomic E-state index is 14.5. The number of ether oxygens (including phenoxy) is 1. The molecule has 0 aliphatic heterocycles. The molecule has 164 valence electrons. The number of aromatic nitrogens is 2. The van der Waals surface area contributed by atoms with Gasteiger partial charge in [-0.1, -0.05) is 0 Å². The summed E-state index contributed by atoms with van der Waals surface area (Å²) in [5.74, 6) is -0.294. The van der Waals surface area contributed by atoms with Crippen LogP contribution in [-0.4, -0.2) is 27.9 Å². The Labute approximate surface area is 188 Å². The van der Waals surface area contributed by atoms with E-state index in [9.17, 15) is 14.0 Å². The minimum atomic E-state index is -0.680. The number of pyridine rings is 1. The molecule has 2 aromatic heterocycles. The zero-order valence-corrected chi connectivity index (χ0v) is 18.2. The molecule has 3 aromatic rings. The molecular weight excluding hydrogens is 431 g/mol. The summed E-state index contributed by atoms with van der Waals surface area (Å²) < 4.78 is 20.2. The fraction of sp³-hybridized carbons (Fsp3) is 0.304. The molecule has 0 spiro atoms. The van der Waals surface area contributed by atoms with Crippen molar-refractivity contribution in [1.29, 1.82) is 0 Å². The van der Waals surface area contributed by atoms with E-state index < -0.39 is 11.7 Å². The summed E-state index contributed by atoms with van der Waals surface area (Å²) in [6, 6.07) is 5.88. The molecule has 0 atom stereocenters. The Morgan fingerprint density at radius 1 is 1.06 bits per heavy atom. The normalized spacial score (nSPS) is 15.3. The van der Waals surface area contributed by atoms with E-state index in [1.807, 2.05) is 0 Å².